The molecule has 2 aromatic rings. The minimum Gasteiger partial charge on any atom is -0.481 e. The third-order valence-electron chi connectivity index (χ3n) is 4.77. The highest BCUT2D eigenvalue weighted by molar-refractivity contribution is 7.16. The molecule has 1 aromatic heterocycles. The lowest BCUT2D eigenvalue weighted by Gasteiger charge is -2.17. The van der Waals surface area contributed by atoms with Gasteiger partial charge in [-0.2, -0.15) is 5.26 Å². The van der Waals surface area contributed by atoms with E-state index in [9.17, 15) is 20.0 Å². The minimum absolute atomic E-state index is 0.164. The van der Waals surface area contributed by atoms with Crippen LogP contribution in [-0.4, -0.2) is 17.0 Å². The molecule has 0 aliphatic heterocycles. The summed E-state index contributed by atoms with van der Waals surface area (Å²) in [5, 5.41) is 22.3. The van der Waals surface area contributed by atoms with E-state index in [1.807, 2.05) is 0 Å². The predicted octanol–water partition coefficient (Wildman–Crippen LogP) is 3.94. The Bertz CT molecular complexity index is 867. The highest BCUT2D eigenvalue weighted by Crippen LogP contribution is 2.39. The van der Waals surface area contributed by atoms with Crippen molar-refractivity contribution in [3.63, 3.8) is 0 Å². The summed E-state index contributed by atoms with van der Waals surface area (Å²) in [5.41, 5.74) is 2.18. The van der Waals surface area contributed by atoms with Gasteiger partial charge in [0, 0.05) is 11.3 Å². The fourth-order valence-corrected chi connectivity index (χ4v) is 4.73. The molecule has 1 aliphatic rings. The lowest BCUT2D eigenvalue weighted by molar-refractivity contribution is -0.140. The average molecular weight is 368 g/mol. The molecule has 6 heteroatoms. The van der Waals surface area contributed by atoms with E-state index in [2.05, 4.69) is 18.3 Å². The molecule has 0 radical (unpaired) electrons. The van der Waals surface area contributed by atoms with Crippen molar-refractivity contribution < 1.29 is 14.7 Å². The molecule has 26 heavy (non-hydrogen) atoms. The maximum absolute atomic E-state index is 12.5. The van der Waals surface area contributed by atoms with Crippen LogP contribution in [0.5, 0.6) is 0 Å². The first kappa shape index (κ1) is 18.2. The molecular weight excluding hydrogens is 348 g/mol. The molecule has 1 aromatic carbocycles. The Morgan fingerprint density at radius 1 is 1.38 bits per heavy atom. The van der Waals surface area contributed by atoms with Crippen LogP contribution in [0.2, 0.25) is 0 Å². The number of carboxylic acids is 1. The number of hydrogen-bond acceptors (Lipinski definition) is 4. The number of rotatable bonds is 5. The standard InChI is InChI=1S/C20H20N2O3S/c1-12-7-8-14-16(11-21)19(26-17(14)9-12)22-18(23)10-15(20(24)25)13-5-3-2-4-6-13/h2-6,12,15H,7-10H2,1H3,(H,22,23)(H,24,25). The van der Waals surface area contributed by atoms with Crippen molar-refractivity contribution in [2.75, 3.05) is 5.32 Å². The Labute approximate surface area is 156 Å². The summed E-state index contributed by atoms with van der Waals surface area (Å²) < 4.78 is 0. The van der Waals surface area contributed by atoms with Gasteiger partial charge in [0.25, 0.3) is 0 Å². The number of carboxylic acid groups (broad SMARTS) is 1. The van der Waals surface area contributed by atoms with Crippen molar-refractivity contribution in [3.05, 3.63) is 51.9 Å². The summed E-state index contributed by atoms with van der Waals surface area (Å²) in [5.74, 6) is -1.75. The Morgan fingerprint density at radius 2 is 2.12 bits per heavy atom. The van der Waals surface area contributed by atoms with Crippen molar-refractivity contribution in [1.29, 1.82) is 5.26 Å². The van der Waals surface area contributed by atoms with Crippen LogP contribution < -0.4 is 5.32 Å². The van der Waals surface area contributed by atoms with E-state index in [1.165, 1.54) is 11.3 Å². The number of hydrogen-bond donors (Lipinski definition) is 2. The highest BCUT2D eigenvalue weighted by atomic mass is 32.1. The Hall–Kier alpha value is -2.65. The van der Waals surface area contributed by atoms with E-state index in [-0.39, 0.29) is 12.3 Å². The van der Waals surface area contributed by atoms with Gasteiger partial charge in [0.15, 0.2) is 0 Å². The van der Waals surface area contributed by atoms with Gasteiger partial charge in [0.1, 0.15) is 11.1 Å². The first-order valence-corrected chi connectivity index (χ1v) is 9.43. The van der Waals surface area contributed by atoms with Gasteiger partial charge in [-0.25, -0.2) is 0 Å². The molecule has 1 amide bonds. The zero-order chi connectivity index (χ0) is 18.7. The molecule has 134 valence electrons. The summed E-state index contributed by atoms with van der Waals surface area (Å²) >= 11 is 1.45. The van der Waals surface area contributed by atoms with Gasteiger partial charge < -0.3 is 10.4 Å². The van der Waals surface area contributed by atoms with E-state index < -0.39 is 11.9 Å². The second kappa shape index (κ2) is 7.71. The topological polar surface area (TPSA) is 90.2 Å². The number of carbonyl (C=O) groups excluding carboxylic acids is 1. The average Bonchev–Trinajstić information content (AvgIpc) is 2.95. The van der Waals surface area contributed by atoms with E-state index in [0.29, 0.717) is 22.0 Å². The van der Waals surface area contributed by atoms with Crippen LogP contribution in [0.15, 0.2) is 30.3 Å². The maximum Gasteiger partial charge on any atom is 0.311 e. The number of thiophene rings is 1. The smallest absolute Gasteiger partial charge is 0.311 e. The molecule has 2 N–H and O–H groups in total. The summed E-state index contributed by atoms with van der Waals surface area (Å²) in [6, 6.07) is 10.9. The monoisotopic (exact) mass is 368 g/mol. The molecule has 0 bridgehead atoms. The second-order valence-electron chi connectivity index (χ2n) is 6.72. The van der Waals surface area contributed by atoms with E-state index >= 15 is 0 Å². The number of nitriles is 1. The van der Waals surface area contributed by atoms with Crippen molar-refractivity contribution in [1.82, 2.24) is 0 Å². The van der Waals surface area contributed by atoms with Gasteiger partial charge in [-0.05, 0) is 36.3 Å². The molecule has 5 nitrogen and oxygen atoms in total. The van der Waals surface area contributed by atoms with Gasteiger partial charge >= 0.3 is 5.97 Å². The molecule has 0 saturated carbocycles. The number of anilines is 1. The third kappa shape index (κ3) is 3.78. The Balaban J connectivity index is 1.78. The maximum atomic E-state index is 12.5. The fraction of sp³-hybridized carbons (Fsp3) is 0.350. The summed E-state index contributed by atoms with van der Waals surface area (Å²) in [6.45, 7) is 2.18. The Morgan fingerprint density at radius 3 is 2.77 bits per heavy atom. The summed E-state index contributed by atoms with van der Waals surface area (Å²) in [7, 11) is 0. The number of benzene rings is 1. The van der Waals surface area contributed by atoms with Gasteiger partial charge in [-0.15, -0.1) is 11.3 Å². The van der Waals surface area contributed by atoms with Crippen LogP contribution >= 0.6 is 11.3 Å². The normalized spacial score (nSPS) is 17.0. The predicted molar refractivity (Wildman–Crippen MR) is 100 cm³/mol. The zero-order valence-electron chi connectivity index (χ0n) is 14.5. The minimum atomic E-state index is -1.04. The molecule has 0 fully saturated rings. The first-order valence-electron chi connectivity index (χ1n) is 8.61. The number of amides is 1. The van der Waals surface area contributed by atoms with Crippen molar-refractivity contribution in [2.24, 2.45) is 5.92 Å². The lowest BCUT2D eigenvalue weighted by atomic mass is 9.88. The van der Waals surface area contributed by atoms with Crippen LogP contribution in [0.4, 0.5) is 5.00 Å². The highest BCUT2D eigenvalue weighted by Gasteiger charge is 2.27. The molecule has 1 aliphatic carbocycles. The van der Waals surface area contributed by atoms with Gasteiger partial charge in [0.2, 0.25) is 5.91 Å². The van der Waals surface area contributed by atoms with Crippen LogP contribution in [0.25, 0.3) is 0 Å². The van der Waals surface area contributed by atoms with E-state index in [4.69, 9.17) is 0 Å². The van der Waals surface area contributed by atoms with Crippen molar-refractivity contribution in [2.45, 2.75) is 38.5 Å². The van der Waals surface area contributed by atoms with Crippen LogP contribution in [-0.2, 0) is 22.4 Å². The molecule has 2 unspecified atom stereocenters. The van der Waals surface area contributed by atoms with Gasteiger partial charge in [0.05, 0.1) is 11.5 Å². The molecule has 3 rings (SSSR count). The second-order valence-corrected chi connectivity index (χ2v) is 7.83. The van der Waals surface area contributed by atoms with Crippen molar-refractivity contribution >= 4 is 28.2 Å². The van der Waals surface area contributed by atoms with Gasteiger partial charge in [-0.3, -0.25) is 9.59 Å². The number of fused-ring (bicyclic) bond motifs is 1. The first-order chi connectivity index (χ1) is 12.5. The number of nitrogens with one attached hydrogen (secondary N) is 1. The van der Waals surface area contributed by atoms with Crippen molar-refractivity contribution in [3.8, 4) is 6.07 Å². The molecule has 2 atom stereocenters. The Kier molecular flexibility index (Phi) is 5.38. The molecule has 1 heterocycles. The van der Waals surface area contributed by atoms with Gasteiger partial charge in [-0.1, -0.05) is 37.3 Å². The fourth-order valence-electron chi connectivity index (χ4n) is 3.35. The van der Waals surface area contributed by atoms with E-state index in [0.717, 1.165) is 29.7 Å². The summed E-state index contributed by atoms with van der Waals surface area (Å²) in [6.07, 6.45) is 2.66. The molecule has 0 saturated heterocycles. The quantitative estimate of drug-likeness (QED) is 0.836. The molecular formula is C20H20N2O3S. The van der Waals surface area contributed by atoms with Crippen LogP contribution in [0.1, 0.15) is 47.3 Å². The summed E-state index contributed by atoms with van der Waals surface area (Å²) in [4.78, 5) is 25.2. The third-order valence-corrected chi connectivity index (χ3v) is 5.94. The molecule has 0 spiro atoms. The number of aliphatic carboxylic acids is 1. The number of nitrogens with zero attached hydrogens (tertiary/aromatic N) is 1. The SMILES string of the molecule is CC1CCc2c(sc(NC(=O)CC(C(=O)O)c3ccccc3)c2C#N)C1. The lowest BCUT2D eigenvalue weighted by Crippen LogP contribution is -2.20. The number of carbonyl (C=O) groups is 2. The van der Waals surface area contributed by atoms with E-state index in [1.54, 1.807) is 30.3 Å². The van der Waals surface area contributed by atoms with Crippen LogP contribution in [0.3, 0.4) is 0 Å². The largest absolute Gasteiger partial charge is 0.481 e. The zero-order valence-corrected chi connectivity index (χ0v) is 15.3. The van der Waals surface area contributed by atoms with Crippen LogP contribution in [0, 0.1) is 17.2 Å².